The molecule has 2 aromatic rings. The molecule has 0 unspecified atom stereocenters. The fourth-order valence-corrected chi connectivity index (χ4v) is 4.62. The number of aryl methyl sites for hydroxylation is 2. The number of hydrogen-bond donors (Lipinski definition) is 3. The Labute approximate surface area is 206 Å². The van der Waals surface area contributed by atoms with Crippen LogP contribution in [-0.4, -0.2) is 78.2 Å². The largest absolute Gasteiger partial charge is 0.324 e. The van der Waals surface area contributed by atoms with Crippen molar-refractivity contribution >= 4 is 40.2 Å². The van der Waals surface area contributed by atoms with Gasteiger partial charge in [-0.25, -0.2) is 15.0 Å². The molecule has 33 heavy (non-hydrogen) atoms. The number of aliphatic imine (C=N–C) groups is 1. The highest BCUT2D eigenvalue weighted by atomic mass is 32.2. The van der Waals surface area contributed by atoms with Gasteiger partial charge in [0.2, 0.25) is 5.95 Å². The second-order valence-electron chi connectivity index (χ2n) is 8.00. The topological polar surface area (TPSA) is 77.5 Å². The first-order chi connectivity index (χ1) is 16.1. The molecule has 0 saturated carbocycles. The van der Waals surface area contributed by atoms with Crippen LogP contribution in [0.25, 0.3) is 0 Å². The molecule has 1 aliphatic heterocycles. The van der Waals surface area contributed by atoms with Crippen molar-refractivity contribution in [1.82, 2.24) is 25.5 Å². The van der Waals surface area contributed by atoms with Gasteiger partial charge < -0.3 is 16.0 Å². The van der Waals surface area contributed by atoms with Crippen molar-refractivity contribution in [1.29, 1.82) is 0 Å². The third-order valence-corrected chi connectivity index (χ3v) is 6.36. The minimum atomic E-state index is 0.573. The van der Waals surface area contributed by atoms with Crippen molar-refractivity contribution in [2.75, 3.05) is 63.6 Å². The van der Waals surface area contributed by atoms with Crippen molar-refractivity contribution in [3.8, 4) is 0 Å². The summed E-state index contributed by atoms with van der Waals surface area (Å²) in [5, 5.41) is 13.3. The molecule has 0 aliphatic carbocycles. The van der Waals surface area contributed by atoms with E-state index in [9.17, 15) is 0 Å². The van der Waals surface area contributed by atoms with Crippen LogP contribution in [0.1, 0.15) is 16.8 Å². The van der Waals surface area contributed by atoms with Gasteiger partial charge in [0.05, 0.1) is 5.70 Å². The van der Waals surface area contributed by atoms with Crippen molar-refractivity contribution in [3.05, 3.63) is 58.4 Å². The first-order valence-electron chi connectivity index (χ1n) is 11.2. The minimum Gasteiger partial charge on any atom is -0.324 e. The molecular weight excluding hydrogens is 450 g/mol. The lowest BCUT2D eigenvalue weighted by molar-refractivity contribution is 0.242. The predicted molar refractivity (Wildman–Crippen MR) is 145 cm³/mol. The predicted octanol–water partition coefficient (Wildman–Crippen LogP) is 3.65. The van der Waals surface area contributed by atoms with Gasteiger partial charge in [0.25, 0.3) is 0 Å². The Bertz CT molecular complexity index is 935. The van der Waals surface area contributed by atoms with Crippen LogP contribution in [0.2, 0.25) is 0 Å². The maximum absolute atomic E-state index is 4.93. The lowest BCUT2D eigenvalue weighted by atomic mass is 10.1. The molecule has 3 N–H and O–H groups in total. The molecule has 0 atom stereocenters. The molecule has 1 saturated heterocycles. The summed E-state index contributed by atoms with van der Waals surface area (Å²) in [6.45, 7) is 11.3. The van der Waals surface area contributed by atoms with Crippen molar-refractivity contribution in [2.24, 2.45) is 4.99 Å². The molecule has 1 fully saturated rings. The number of anilines is 2. The molecule has 0 bridgehead atoms. The van der Waals surface area contributed by atoms with Gasteiger partial charge in [-0.3, -0.25) is 4.90 Å². The molecule has 7 nitrogen and oxygen atoms in total. The Morgan fingerprint density at radius 2 is 1.94 bits per heavy atom. The summed E-state index contributed by atoms with van der Waals surface area (Å²) in [6, 6.07) is 8.25. The smallest absolute Gasteiger partial charge is 0.227 e. The number of benzene rings is 1. The summed E-state index contributed by atoms with van der Waals surface area (Å²) in [6.07, 6.45) is 5.88. The van der Waals surface area contributed by atoms with E-state index in [0.717, 1.165) is 67.9 Å². The van der Waals surface area contributed by atoms with Gasteiger partial charge in [-0.15, -0.1) is 23.5 Å². The highest BCUT2D eigenvalue weighted by Gasteiger charge is 2.10. The first-order valence-corrected chi connectivity index (χ1v) is 13.8. The number of thioether (sulfide) groups is 2. The summed E-state index contributed by atoms with van der Waals surface area (Å²) in [5.74, 6) is 0.573. The van der Waals surface area contributed by atoms with Crippen LogP contribution in [0.15, 0.2) is 46.6 Å². The molecule has 0 amide bonds. The highest BCUT2D eigenvalue weighted by Crippen LogP contribution is 2.19. The van der Waals surface area contributed by atoms with Crippen LogP contribution in [0.3, 0.4) is 0 Å². The molecule has 1 aromatic carbocycles. The molecule has 178 valence electrons. The average molecular weight is 486 g/mol. The number of rotatable bonds is 10. The zero-order valence-electron chi connectivity index (χ0n) is 20.0. The van der Waals surface area contributed by atoms with Gasteiger partial charge in [-0.1, -0.05) is 6.07 Å². The summed E-state index contributed by atoms with van der Waals surface area (Å²) in [5.41, 5.74) is 5.23. The summed E-state index contributed by atoms with van der Waals surface area (Å²) in [4.78, 5) is 16.6. The highest BCUT2D eigenvalue weighted by molar-refractivity contribution is 8.13. The van der Waals surface area contributed by atoms with E-state index in [1.807, 2.05) is 12.3 Å². The van der Waals surface area contributed by atoms with Crippen LogP contribution >= 0.6 is 23.5 Å². The van der Waals surface area contributed by atoms with Crippen LogP contribution in [0.4, 0.5) is 11.6 Å². The van der Waals surface area contributed by atoms with E-state index in [1.165, 1.54) is 11.1 Å². The summed E-state index contributed by atoms with van der Waals surface area (Å²) >= 11 is 3.27. The molecular formula is C24H35N7S2. The zero-order valence-corrected chi connectivity index (χ0v) is 21.7. The number of aromatic nitrogens is 2. The molecule has 1 aromatic heterocycles. The molecule has 9 heteroatoms. The Hall–Kier alpha value is -1.91. The molecule has 2 heterocycles. The van der Waals surface area contributed by atoms with E-state index in [4.69, 9.17) is 9.98 Å². The standard InChI is InChI=1S/C24H35N7S2/c1-18-13-19(2)15-20(14-18)29-24-27-6-5-22(30-24)23(33-4)28-21(17-32-3)16-26-9-12-31-10-7-25-8-11-31/h5-6,13-15,17,25-26H,7-12,16H2,1-4H3,(H,27,29,30)/b21-17+,28-23?. The van der Waals surface area contributed by atoms with E-state index in [0.29, 0.717) is 5.95 Å². The Morgan fingerprint density at radius 1 is 1.18 bits per heavy atom. The van der Waals surface area contributed by atoms with E-state index in [-0.39, 0.29) is 0 Å². The van der Waals surface area contributed by atoms with Gasteiger partial charge >= 0.3 is 0 Å². The average Bonchev–Trinajstić information content (AvgIpc) is 2.80. The fraction of sp³-hybridized carbons (Fsp3) is 0.458. The maximum Gasteiger partial charge on any atom is 0.227 e. The van der Waals surface area contributed by atoms with Crippen molar-refractivity contribution in [2.45, 2.75) is 13.8 Å². The summed E-state index contributed by atoms with van der Waals surface area (Å²) < 4.78 is 0. The number of nitrogens with one attached hydrogen (secondary N) is 3. The normalized spacial score (nSPS) is 15.6. The number of piperazine rings is 1. The lowest BCUT2D eigenvalue weighted by Gasteiger charge is -2.27. The Morgan fingerprint density at radius 3 is 2.64 bits per heavy atom. The third kappa shape index (κ3) is 8.75. The SMILES string of the molecule is CS/C=C(\CNCCN1CCNCC1)N=C(SC)c1ccnc(Nc2cc(C)cc(C)c2)n1. The molecule has 0 radical (unpaired) electrons. The monoisotopic (exact) mass is 485 g/mol. The summed E-state index contributed by atoms with van der Waals surface area (Å²) in [7, 11) is 0. The quantitative estimate of drug-likeness (QED) is 0.267. The van der Waals surface area contributed by atoms with E-state index < -0.39 is 0 Å². The molecule has 0 spiro atoms. The van der Waals surface area contributed by atoms with Crippen LogP contribution in [0, 0.1) is 13.8 Å². The van der Waals surface area contributed by atoms with Gasteiger partial charge in [-0.05, 0) is 61.1 Å². The lowest BCUT2D eigenvalue weighted by Crippen LogP contribution is -2.45. The molecule has 1 aliphatic rings. The van der Waals surface area contributed by atoms with Crippen LogP contribution in [-0.2, 0) is 0 Å². The van der Waals surface area contributed by atoms with E-state index in [1.54, 1.807) is 29.7 Å². The van der Waals surface area contributed by atoms with Gasteiger partial charge in [0.1, 0.15) is 10.7 Å². The number of nitrogens with zero attached hydrogens (tertiary/aromatic N) is 4. The third-order valence-electron chi connectivity index (χ3n) is 5.17. The second-order valence-corrected chi connectivity index (χ2v) is 9.50. The van der Waals surface area contributed by atoms with Crippen LogP contribution in [0.5, 0.6) is 0 Å². The Balaban J connectivity index is 1.65. The maximum atomic E-state index is 4.93. The first kappa shape index (κ1) is 25.7. The molecule has 3 rings (SSSR count). The van der Waals surface area contributed by atoms with Crippen molar-refractivity contribution in [3.63, 3.8) is 0 Å². The second kappa shape index (κ2) is 13.7. The van der Waals surface area contributed by atoms with E-state index >= 15 is 0 Å². The van der Waals surface area contributed by atoms with Gasteiger partial charge in [-0.2, -0.15) is 0 Å². The minimum absolute atomic E-state index is 0.573. The van der Waals surface area contributed by atoms with Crippen molar-refractivity contribution < 1.29 is 0 Å². The van der Waals surface area contributed by atoms with Gasteiger partial charge in [0, 0.05) is 57.7 Å². The Kier molecular flexibility index (Phi) is 10.7. The van der Waals surface area contributed by atoms with Gasteiger partial charge in [0.15, 0.2) is 0 Å². The zero-order chi connectivity index (χ0) is 23.5. The number of hydrogen-bond acceptors (Lipinski definition) is 9. The van der Waals surface area contributed by atoms with E-state index in [2.05, 4.69) is 69.5 Å². The fourth-order valence-electron chi connectivity index (χ4n) is 3.68. The van der Waals surface area contributed by atoms with Crippen LogP contribution < -0.4 is 16.0 Å².